The molecule has 142 valence electrons. The van der Waals surface area contributed by atoms with Crippen LogP contribution in [0.3, 0.4) is 0 Å². The number of halogens is 1. The second kappa shape index (κ2) is 7.85. The normalized spacial score (nSPS) is 11.6. The largest absolute Gasteiger partial charge is 0.436 e. The summed E-state index contributed by atoms with van der Waals surface area (Å²) in [6.45, 7) is 0. The molecule has 7 heteroatoms. The van der Waals surface area contributed by atoms with Crippen LogP contribution in [0.1, 0.15) is 5.56 Å². The first-order chi connectivity index (χ1) is 14.1. The molecule has 0 N–H and O–H groups in total. The molecule has 0 aliphatic heterocycles. The van der Waals surface area contributed by atoms with Crippen molar-refractivity contribution in [2.45, 2.75) is 0 Å². The number of nitrogens with zero attached hydrogens (tertiary/aromatic N) is 3. The highest BCUT2D eigenvalue weighted by molar-refractivity contribution is 5.84. The zero-order valence-corrected chi connectivity index (χ0v) is 15.0. The minimum Gasteiger partial charge on any atom is -0.436 e. The number of hydrogen-bond donors (Lipinski definition) is 0. The van der Waals surface area contributed by atoms with E-state index < -0.39 is 10.7 Å². The van der Waals surface area contributed by atoms with E-state index in [-0.39, 0.29) is 11.6 Å². The van der Waals surface area contributed by atoms with Crippen molar-refractivity contribution in [2.24, 2.45) is 4.99 Å². The van der Waals surface area contributed by atoms with E-state index in [9.17, 15) is 14.5 Å². The quantitative estimate of drug-likeness (QED) is 0.240. The smallest absolute Gasteiger partial charge is 0.269 e. The summed E-state index contributed by atoms with van der Waals surface area (Å²) < 4.78 is 19.6. The van der Waals surface area contributed by atoms with Gasteiger partial charge in [0.1, 0.15) is 11.3 Å². The van der Waals surface area contributed by atoms with Crippen molar-refractivity contribution >= 4 is 34.8 Å². The first kappa shape index (κ1) is 18.2. The number of allylic oxidation sites excluding steroid dienone is 1. The van der Waals surface area contributed by atoms with Gasteiger partial charge in [0.2, 0.25) is 5.89 Å². The van der Waals surface area contributed by atoms with Crippen molar-refractivity contribution in [1.29, 1.82) is 0 Å². The average molecular weight is 387 g/mol. The highest BCUT2D eigenvalue weighted by Gasteiger charge is 2.12. The van der Waals surface area contributed by atoms with Gasteiger partial charge in [0.25, 0.3) is 5.69 Å². The molecule has 0 bridgehead atoms. The zero-order chi connectivity index (χ0) is 20.2. The highest BCUT2D eigenvalue weighted by atomic mass is 19.1. The first-order valence-electron chi connectivity index (χ1n) is 8.71. The van der Waals surface area contributed by atoms with Crippen LogP contribution in [-0.4, -0.2) is 16.1 Å². The summed E-state index contributed by atoms with van der Waals surface area (Å²) in [5, 5.41) is 10.7. The molecule has 0 fully saturated rings. The van der Waals surface area contributed by atoms with Gasteiger partial charge >= 0.3 is 0 Å². The molecular formula is C22H14FN3O3. The maximum atomic E-state index is 13.9. The molecule has 4 rings (SSSR count). The molecule has 0 aliphatic carbocycles. The van der Waals surface area contributed by atoms with Crippen LogP contribution >= 0.6 is 0 Å². The SMILES string of the molecule is O=[N+]([O-])c1ccc(/C=C/C=Nc2ccc3oc(-c4ccccc4F)nc3c2)cc1. The standard InChI is InChI=1S/C22H14FN3O3/c23-19-6-2-1-5-18(19)22-25-20-14-16(9-12-21(20)29-22)24-13-3-4-15-7-10-17(11-8-15)26(27)28/h1-14H/b4-3+,24-13?. The number of fused-ring (bicyclic) bond motifs is 1. The maximum Gasteiger partial charge on any atom is 0.269 e. The van der Waals surface area contributed by atoms with Gasteiger partial charge in [-0.15, -0.1) is 0 Å². The summed E-state index contributed by atoms with van der Waals surface area (Å²) in [6.07, 6.45) is 5.14. The third kappa shape index (κ3) is 4.08. The van der Waals surface area contributed by atoms with Crippen molar-refractivity contribution in [1.82, 2.24) is 4.98 Å². The third-order valence-electron chi connectivity index (χ3n) is 4.18. The van der Waals surface area contributed by atoms with Gasteiger partial charge in [0.15, 0.2) is 5.58 Å². The van der Waals surface area contributed by atoms with Gasteiger partial charge in [-0.3, -0.25) is 15.1 Å². The van der Waals surface area contributed by atoms with Gasteiger partial charge in [-0.2, -0.15) is 0 Å². The molecule has 0 radical (unpaired) electrons. The van der Waals surface area contributed by atoms with E-state index in [1.165, 1.54) is 18.2 Å². The lowest BCUT2D eigenvalue weighted by Crippen LogP contribution is -1.86. The van der Waals surface area contributed by atoms with Gasteiger partial charge in [0.05, 0.1) is 16.2 Å². The minimum absolute atomic E-state index is 0.0477. The van der Waals surface area contributed by atoms with E-state index in [1.54, 1.807) is 66.9 Å². The van der Waals surface area contributed by atoms with E-state index in [2.05, 4.69) is 9.98 Å². The van der Waals surface area contributed by atoms with Crippen molar-refractivity contribution < 1.29 is 13.7 Å². The molecule has 3 aromatic carbocycles. The Hall–Kier alpha value is -4.13. The van der Waals surface area contributed by atoms with Crippen LogP contribution in [0.15, 0.2) is 82.2 Å². The molecule has 0 spiro atoms. The molecule has 6 nitrogen and oxygen atoms in total. The van der Waals surface area contributed by atoms with Gasteiger partial charge in [0, 0.05) is 18.3 Å². The van der Waals surface area contributed by atoms with E-state index >= 15 is 0 Å². The molecule has 0 unspecified atom stereocenters. The van der Waals surface area contributed by atoms with Gasteiger partial charge < -0.3 is 4.42 Å². The topological polar surface area (TPSA) is 81.5 Å². The van der Waals surface area contributed by atoms with Crippen LogP contribution in [0.2, 0.25) is 0 Å². The number of nitro groups is 1. The summed E-state index contributed by atoms with van der Waals surface area (Å²) in [5.74, 6) is -0.175. The Kier molecular flexibility index (Phi) is 4.94. The zero-order valence-electron chi connectivity index (χ0n) is 15.0. The molecular weight excluding hydrogens is 373 g/mol. The Bertz CT molecular complexity index is 1240. The van der Waals surface area contributed by atoms with Crippen LogP contribution in [0.25, 0.3) is 28.6 Å². The fraction of sp³-hybridized carbons (Fsp3) is 0. The molecule has 0 saturated heterocycles. The summed E-state index contributed by atoms with van der Waals surface area (Å²) in [5.41, 5.74) is 2.97. The van der Waals surface area contributed by atoms with Crippen molar-refractivity contribution in [3.63, 3.8) is 0 Å². The Morgan fingerprint density at radius 3 is 2.62 bits per heavy atom. The van der Waals surface area contributed by atoms with Crippen LogP contribution in [0.4, 0.5) is 15.8 Å². The summed E-state index contributed by atoms with van der Waals surface area (Å²) in [7, 11) is 0. The lowest BCUT2D eigenvalue weighted by Gasteiger charge is -1.95. The second-order valence-electron chi connectivity index (χ2n) is 6.14. The second-order valence-corrected chi connectivity index (χ2v) is 6.14. The minimum atomic E-state index is -0.438. The number of non-ortho nitro benzene ring substituents is 1. The van der Waals surface area contributed by atoms with Crippen molar-refractivity contribution in [3.05, 3.63) is 94.3 Å². The number of benzene rings is 3. The predicted octanol–water partition coefficient (Wildman–Crippen LogP) is 5.96. The number of nitro benzene ring substituents is 1. The van der Waals surface area contributed by atoms with Crippen molar-refractivity contribution in [2.75, 3.05) is 0 Å². The number of aromatic nitrogens is 1. The molecule has 1 aromatic heterocycles. The summed E-state index contributed by atoms with van der Waals surface area (Å²) in [6, 6.07) is 17.8. The first-order valence-corrected chi connectivity index (χ1v) is 8.71. The van der Waals surface area contributed by atoms with E-state index in [1.807, 2.05) is 0 Å². The number of aliphatic imine (C=N–C) groups is 1. The van der Waals surface area contributed by atoms with E-state index in [0.29, 0.717) is 22.4 Å². The van der Waals surface area contributed by atoms with Gasteiger partial charge in [-0.1, -0.05) is 18.2 Å². The maximum absolute atomic E-state index is 13.9. The Balaban J connectivity index is 1.51. The van der Waals surface area contributed by atoms with E-state index in [4.69, 9.17) is 4.42 Å². The number of hydrogen-bond acceptors (Lipinski definition) is 5. The molecule has 0 atom stereocenters. The Morgan fingerprint density at radius 1 is 1.07 bits per heavy atom. The predicted molar refractivity (Wildman–Crippen MR) is 110 cm³/mol. The van der Waals surface area contributed by atoms with Gasteiger partial charge in [-0.05, 0) is 54.1 Å². The molecule has 0 aliphatic rings. The highest BCUT2D eigenvalue weighted by Crippen LogP contribution is 2.28. The number of oxazole rings is 1. The van der Waals surface area contributed by atoms with E-state index in [0.717, 1.165) is 5.56 Å². The molecule has 0 saturated carbocycles. The lowest BCUT2D eigenvalue weighted by molar-refractivity contribution is -0.384. The molecule has 0 amide bonds. The molecule has 29 heavy (non-hydrogen) atoms. The monoisotopic (exact) mass is 387 g/mol. The van der Waals surface area contributed by atoms with Crippen LogP contribution < -0.4 is 0 Å². The third-order valence-corrected chi connectivity index (χ3v) is 4.18. The molecule has 4 aromatic rings. The van der Waals surface area contributed by atoms with Crippen LogP contribution in [-0.2, 0) is 0 Å². The Labute approximate surface area is 164 Å². The summed E-state index contributed by atoms with van der Waals surface area (Å²) in [4.78, 5) is 18.9. The van der Waals surface area contributed by atoms with Crippen LogP contribution in [0.5, 0.6) is 0 Å². The molecule has 1 heterocycles. The fourth-order valence-electron chi connectivity index (χ4n) is 2.74. The Morgan fingerprint density at radius 2 is 1.86 bits per heavy atom. The average Bonchev–Trinajstić information content (AvgIpc) is 3.15. The summed E-state index contributed by atoms with van der Waals surface area (Å²) >= 11 is 0. The lowest BCUT2D eigenvalue weighted by atomic mass is 10.2. The van der Waals surface area contributed by atoms with Crippen molar-refractivity contribution in [3.8, 4) is 11.5 Å². The number of rotatable bonds is 5. The fourth-order valence-corrected chi connectivity index (χ4v) is 2.74. The van der Waals surface area contributed by atoms with Crippen LogP contribution in [0, 0.1) is 15.9 Å². The van der Waals surface area contributed by atoms with Gasteiger partial charge in [-0.25, -0.2) is 9.37 Å².